The molecule has 134 valence electrons. The molecular formula is C17H25FN2O3S. The number of hydrogen-bond donors (Lipinski definition) is 1. The van der Waals surface area contributed by atoms with E-state index in [-0.39, 0.29) is 17.2 Å². The number of nitrogens with zero attached hydrogens (tertiary/aromatic N) is 1. The molecule has 5 nitrogen and oxygen atoms in total. The average molecular weight is 356 g/mol. The summed E-state index contributed by atoms with van der Waals surface area (Å²) in [5, 5.41) is 2.32. The highest BCUT2D eigenvalue weighted by Gasteiger charge is 2.29. The number of sulfone groups is 1. The van der Waals surface area contributed by atoms with Crippen molar-refractivity contribution >= 4 is 15.7 Å². The number of halogens is 1. The summed E-state index contributed by atoms with van der Waals surface area (Å²) in [5.74, 6) is -0.0439. The molecule has 1 aliphatic heterocycles. The molecule has 1 aromatic carbocycles. The van der Waals surface area contributed by atoms with Crippen LogP contribution in [0.15, 0.2) is 29.2 Å². The number of carbonyl (C=O) groups excluding carboxylic acids is 1. The summed E-state index contributed by atoms with van der Waals surface area (Å²) >= 11 is 0. The monoisotopic (exact) mass is 356 g/mol. The zero-order chi connectivity index (χ0) is 17.7. The molecule has 1 N–H and O–H groups in total. The van der Waals surface area contributed by atoms with Crippen LogP contribution >= 0.6 is 0 Å². The molecule has 1 saturated heterocycles. The largest absolute Gasteiger partial charge is 0.343 e. The Morgan fingerprint density at radius 1 is 1.29 bits per heavy atom. The van der Waals surface area contributed by atoms with E-state index in [0.717, 1.165) is 31.5 Å². The van der Waals surface area contributed by atoms with Gasteiger partial charge in [-0.15, -0.1) is 0 Å². The summed E-state index contributed by atoms with van der Waals surface area (Å²) in [6.45, 7) is 3.82. The van der Waals surface area contributed by atoms with Crippen LogP contribution in [0.25, 0.3) is 0 Å². The SMILES string of the molecule is CNCC1CCN(C(=O)CC(C)S(=O)(=O)c2ccc(F)cc2)CC1. The standard InChI is InChI=1S/C17H25FN2O3S/c1-13(24(22,23)16-5-3-15(18)4-6-16)11-17(21)20-9-7-14(8-10-20)12-19-2/h3-6,13-14,19H,7-12H2,1-2H3. The van der Waals surface area contributed by atoms with Gasteiger partial charge < -0.3 is 10.2 Å². The quantitative estimate of drug-likeness (QED) is 0.790. The second kappa shape index (κ2) is 8.07. The van der Waals surface area contributed by atoms with Crippen molar-refractivity contribution in [3.8, 4) is 0 Å². The number of rotatable bonds is 6. The van der Waals surface area contributed by atoms with E-state index in [2.05, 4.69) is 5.32 Å². The molecule has 7 heteroatoms. The molecule has 0 saturated carbocycles. The van der Waals surface area contributed by atoms with E-state index in [1.54, 1.807) is 4.90 Å². The van der Waals surface area contributed by atoms with Crippen molar-refractivity contribution in [1.29, 1.82) is 0 Å². The first-order valence-electron chi connectivity index (χ1n) is 8.26. The summed E-state index contributed by atoms with van der Waals surface area (Å²) in [6, 6.07) is 4.73. The van der Waals surface area contributed by atoms with Gasteiger partial charge in [0.2, 0.25) is 5.91 Å². The third kappa shape index (κ3) is 4.54. The Kier molecular flexibility index (Phi) is 6.34. The lowest BCUT2D eigenvalue weighted by Crippen LogP contribution is -2.41. The van der Waals surface area contributed by atoms with Gasteiger partial charge in [0, 0.05) is 19.5 Å². The van der Waals surface area contributed by atoms with E-state index in [1.807, 2.05) is 7.05 Å². The molecule has 1 aromatic rings. The first-order chi connectivity index (χ1) is 11.3. The number of hydrogen-bond acceptors (Lipinski definition) is 4. The van der Waals surface area contributed by atoms with Crippen LogP contribution in [0.2, 0.25) is 0 Å². The minimum absolute atomic E-state index is 0.0452. The van der Waals surface area contributed by atoms with E-state index < -0.39 is 20.9 Å². The van der Waals surface area contributed by atoms with Crippen LogP contribution in [-0.2, 0) is 14.6 Å². The van der Waals surface area contributed by atoms with Crippen LogP contribution in [0.5, 0.6) is 0 Å². The molecule has 1 fully saturated rings. The normalized spacial score (nSPS) is 17.7. The second-order valence-corrected chi connectivity index (χ2v) is 8.76. The molecule has 0 aromatic heterocycles. The van der Waals surface area contributed by atoms with Crippen molar-refractivity contribution in [2.45, 2.75) is 36.3 Å². The predicted molar refractivity (Wildman–Crippen MR) is 90.9 cm³/mol. The van der Waals surface area contributed by atoms with Gasteiger partial charge in [-0.05, 0) is 63.5 Å². The number of piperidine rings is 1. The molecule has 1 atom stereocenters. The number of likely N-dealkylation sites (tertiary alicyclic amines) is 1. The van der Waals surface area contributed by atoms with Gasteiger partial charge in [0.1, 0.15) is 5.82 Å². The van der Waals surface area contributed by atoms with Gasteiger partial charge in [-0.1, -0.05) is 0 Å². The topological polar surface area (TPSA) is 66.5 Å². The minimum Gasteiger partial charge on any atom is -0.343 e. The first kappa shape index (κ1) is 18.9. The van der Waals surface area contributed by atoms with Crippen LogP contribution in [0.1, 0.15) is 26.2 Å². The van der Waals surface area contributed by atoms with Crippen LogP contribution in [0.3, 0.4) is 0 Å². The Morgan fingerprint density at radius 3 is 2.42 bits per heavy atom. The fraction of sp³-hybridized carbons (Fsp3) is 0.588. The fourth-order valence-electron chi connectivity index (χ4n) is 3.02. The average Bonchev–Trinajstić information content (AvgIpc) is 2.56. The van der Waals surface area contributed by atoms with Crippen molar-refractivity contribution in [2.24, 2.45) is 5.92 Å². The highest BCUT2D eigenvalue weighted by Crippen LogP contribution is 2.21. The molecule has 2 rings (SSSR count). The molecule has 0 spiro atoms. The maximum absolute atomic E-state index is 13.0. The lowest BCUT2D eigenvalue weighted by molar-refractivity contribution is -0.132. The van der Waals surface area contributed by atoms with Crippen LogP contribution in [0.4, 0.5) is 4.39 Å². The maximum atomic E-state index is 13.0. The Bertz CT molecular complexity index is 653. The summed E-state index contributed by atoms with van der Waals surface area (Å²) < 4.78 is 38.0. The molecule has 24 heavy (non-hydrogen) atoms. The number of amides is 1. The molecule has 0 bridgehead atoms. The third-order valence-electron chi connectivity index (χ3n) is 4.59. The minimum atomic E-state index is -3.63. The summed E-state index contributed by atoms with van der Waals surface area (Å²) in [4.78, 5) is 14.2. The molecule has 1 unspecified atom stereocenters. The van der Waals surface area contributed by atoms with E-state index >= 15 is 0 Å². The van der Waals surface area contributed by atoms with Gasteiger partial charge in [-0.25, -0.2) is 12.8 Å². The molecule has 0 aliphatic carbocycles. The summed E-state index contributed by atoms with van der Waals surface area (Å²) in [6.07, 6.45) is 1.83. The molecule has 1 aliphatic rings. The third-order valence-corrected chi connectivity index (χ3v) is 6.75. The maximum Gasteiger partial charge on any atom is 0.223 e. The molecule has 1 amide bonds. The lowest BCUT2D eigenvalue weighted by atomic mass is 9.96. The fourth-order valence-corrected chi connectivity index (χ4v) is 4.36. The van der Waals surface area contributed by atoms with Gasteiger partial charge in [0.05, 0.1) is 10.1 Å². The molecule has 1 heterocycles. The number of carbonyl (C=O) groups is 1. The van der Waals surface area contributed by atoms with E-state index in [4.69, 9.17) is 0 Å². The van der Waals surface area contributed by atoms with Crippen molar-refractivity contribution in [3.05, 3.63) is 30.1 Å². The van der Waals surface area contributed by atoms with E-state index in [1.165, 1.54) is 19.1 Å². The second-order valence-electron chi connectivity index (χ2n) is 6.40. The highest BCUT2D eigenvalue weighted by atomic mass is 32.2. The van der Waals surface area contributed by atoms with Crippen LogP contribution < -0.4 is 5.32 Å². The van der Waals surface area contributed by atoms with Gasteiger partial charge >= 0.3 is 0 Å². The van der Waals surface area contributed by atoms with Gasteiger partial charge in [-0.2, -0.15) is 0 Å². The van der Waals surface area contributed by atoms with Gasteiger partial charge in [-0.3, -0.25) is 4.79 Å². The summed E-state index contributed by atoms with van der Waals surface area (Å²) in [7, 11) is -1.72. The van der Waals surface area contributed by atoms with Crippen molar-refractivity contribution < 1.29 is 17.6 Å². The lowest BCUT2D eigenvalue weighted by Gasteiger charge is -2.32. The predicted octanol–water partition coefficient (Wildman–Crippen LogP) is 1.84. The Morgan fingerprint density at radius 2 is 1.88 bits per heavy atom. The first-order valence-corrected chi connectivity index (χ1v) is 9.81. The van der Waals surface area contributed by atoms with Gasteiger partial charge in [0.25, 0.3) is 0 Å². The zero-order valence-electron chi connectivity index (χ0n) is 14.2. The Balaban J connectivity index is 1.95. The number of benzene rings is 1. The van der Waals surface area contributed by atoms with Crippen LogP contribution in [0, 0.1) is 11.7 Å². The highest BCUT2D eigenvalue weighted by molar-refractivity contribution is 7.92. The van der Waals surface area contributed by atoms with Gasteiger partial charge in [0.15, 0.2) is 9.84 Å². The van der Waals surface area contributed by atoms with Crippen LogP contribution in [-0.4, -0.2) is 51.2 Å². The van der Waals surface area contributed by atoms with Crippen molar-refractivity contribution in [1.82, 2.24) is 10.2 Å². The number of nitrogens with one attached hydrogen (secondary N) is 1. The zero-order valence-corrected chi connectivity index (χ0v) is 15.0. The Hall–Kier alpha value is -1.47. The smallest absolute Gasteiger partial charge is 0.223 e. The van der Waals surface area contributed by atoms with E-state index in [0.29, 0.717) is 19.0 Å². The molecule has 0 radical (unpaired) electrons. The van der Waals surface area contributed by atoms with Crippen molar-refractivity contribution in [2.75, 3.05) is 26.7 Å². The molecular weight excluding hydrogens is 331 g/mol. The van der Waals surface area contributed by atoms with Crippen molar-refractivity contribution in [3.63, 3.8) is 0 Å². The summed E-state index contributed by atoms with van der Waals surface area (Å²) in [5.41, 5.74) is 0. The Labute approximate surface area is 143 Å². The van der Waals surface area contributed by atoms with E-state index in [9.17, 15) is 17.6 Å².